The lowest BCUT2D eigenvalue weighted by molar-refractivity contribution is -0.139. The summed E-state index contributed by atoms with van der Waals surface area (Å²) in [7, 11) is 0. The quantitative estimate of drug-likeness (QED) is 0.823. The molecule has 0 radical (unpaired) electrons. The fourth-order valence-electron chi connectivity index (χ4n) is 1.57. The summed E-state index contributed by atoms with van der Waals surface area (Å²) in [5.41, 5.74) is 0.0308. The van der Waals surface area contributed by atoms with E-state index in [9.17, 15) is 4.79 Å². The summed E-state index contributed by atoms with van der Waals surface area (Å²) in [6.07, 6.45) is 1.49. The van der Waals surface area contributed by atoms with Crippen LogP contribution in [0.5, 0.6) is 11.6 Å². The van der Waals surface area contributed by atoms with Gasteiger partial charge in [-0.1, -0.05) is 13.8 Å². The van der Waals surface area contributed by atoms with Crippen LogP contribution in [0.15, 0.2) is 6.20 Å². The Morgan fingerprint density at radius 3 is 3.19 bits per heavy atom. The normalized spacial score (nSPS) is 17.4. The number of carboxylic acid groups (broad SMARTS) is 1. The third kappa shape index (κ3) is 2.10. The summed E-state index contributed by atoms with van der Waals surface area (Å²) in [6.45, 7) is 5.08. The van der Waals surface area contributed by atoms with Gasteiger partial charge in [0.05, 0.1) is 19.3 Å². The van der Waals surface area contributed by atoms with Gasteiger partial charge in [0.1, 0.15) is 0 Å². The molecule has 1 aliphatic rings. The molecular formula is C10H14N2O4. The molecule has 16 heavy (non-hydrogen) atoms. The van der Waals surface area contributed by atoms with Gasteiger partial charge >= 0.3 is 5.97 Å². The van der Waals surface area contributed by atoms with Crippen LogP contribution >= 0.6 is 0 Å². The number of hydrogen-bond donors (Lipinski definition) is 1. The topological polar surface area (TPSA) is 73.6 Å². The number of nitrogens with zero attached hydrogens (tertiary/aromatic N) is 2. The van der Waals surface area contributed by atoms with Crippen LogP contribution < -0.4 is 9.47 Å². The summed E-state index contributed by atoms with van der Waals surface area (Å²) in [5.74, 6) is -0.116. The van der Waals surface area contributed by atoms with Gasteiger partial charge < -0.3 is 14.6 Å². The van der Waals surface area contributed by atoms with Crippen LogP contribution in [0.1, 0.15) is 13.8 Å². The van der Waals surface area contributed by atoms with Crippen molar-refractivity contribution in [2.24, 2.45) is 5.41 Å². The van der Waals surface area contributed by atoms with Gasteiger partial charge in [0.25, 0.3) is 5.88 Å². The van der Waals surface area contributed by atoms with Crippen molar-refractivity contribution < 1.29 is 19.4 Å². The monoisotopic (exact) mass is 226 g/mol. The van der Waals surface area contributed by atoms with E-state index in [-0.39, 0.29) is 12.0 Å². The molecule has 6 heteroatoms. The number of rotatable bonds is 3. The Morgan fingerprint density at radius 1 is 1.75 bits per heavy atom. The van der Waals surface area contributed by atoms with E-state index in [1.54, 1.807) is 4.68 Å². The molecule has 6 nitrogen and oxygen atoms in total. The Bertz CT molecular complexity index is 411. The minimum atomic E-state index is -1.02. The molecule has 1 aliphatic heterocycles. The van der Waals surface area contributed by atoms with Gasteiger partial charge in [-0.3, -0.25) is 0 Å². The molecule has 0 spiro atoms. The summed E-state index contributed by atoms with van der Waals surface area (Å²) >= 11 is 0. The summed E-state index contributed by atoms with van der Waals surface area (Å²) in [4.78, 5) is 10.4. The second-order valence-corrected chi connectivity index (χ2v) is 4.61. The van der Waals surface area contributed by atoms with E-state index in [1.165, 1.54) is 6.20 Å². The minimum Gasteiger partial charge on any atom is -0.479 e. The van der Waals surface area contributed by atoms with E-state index < -0.39 is 5.97 Å². The Kier molecular flexibility index (Phi) is 2.49. The minimum absolute atomic E-state index is 0.0308. The lowest BCUT2D eigenvalue weighted by Crippen LogP contribution is -2.33. The second kappa shape index (κ2) is 3.70. The van der Waals surface area contributed by atoms with Crippen molar-refractivity contribution in [2.75, 3.05) is 13.2 Å². The summed E-state index contributed by atoms with van der Waals surface area (Å²) < 4.78 is 12.3. The van der Waals surface area contributed by atoms with Crippen molar-refractivity contribution in [3.8, 4) is 11.6 Å². The first-order valence-corrected chi connectivity index (χ1v) is 5.01. The van der Waals surface area contributed by atoms with Gasteiger partial charge in [0.2, 0.25) is 5.75 Å². The van der Waals surface area contributed by atoms with E-state index in [0.29, 0.717) is 18.2 Å². The summed E-state index contributed by atoms with van der Waals surface area (Å²) in [6, 6.07) is 0. The van der Waals surface area contributed by atoms with Crippen LogP contribution in [0.25, 0.3) is 0 Å². The second-order valence-electron chi connectivity index (χ2n) is 4.61. The van der Waals surface area contributed by atoms with Crippen LogP contribution in [0.4, 0.5) is 0 Å². The van der Waals surface area contributed by atoms with E-state index >= 15 is 0 Å². The highest BCUT2D eigenvalue weighted by atomic mass is 16.5. The Balaban J connectivity index is 2.13. The number of fused-ring (bicyclic) bond motifs is 1. The van der Waals surface area contributed by atoms with Crippen molar-refractivity contribution >= 4 is 5.97 Å². The van der Waals surface area contributed by atoms with E-state index in [1.807, 2.05) is 0 Å². The van der Waals surface area contributed by atoms with Crippen molar-refractivity contribution in [3.05, 3.63) is 6.20 Å². The largest absolute Gasteiger partial charge is 0.479 e. The maximum Gasteiger partial charge on any atom is 0.341 e. The molecule has 1 aromatic rings. The number of aromatic nitrogens is 2. The molecular weight excluding hydrogens is 212 g/mol. The van der Waals surface area contributed by atoms with Crippen LogP contribution in [-0.2, 0) is 11.3 Å². The highest BCUT2D eigenvalue weighted by molar-refractivity contribution is 5.68. The van der Waals surface area contributed by atoms with Crippen molar-refractivity contribution in [1.29, 1.82) is 0 Å². The zero-order chi connectivity index (χ0) is 11.8. The third-order valence-electron chi connectivity index (χ3n) is 2.29. The average molecular weight is 226 g/mol. The van der Waals surface area contributed by atoms with Crippen molar-refractivity contribution in [3.63, 3.8) is 0 Å². The molecule has 0 aliphatic carbocycles. The van der Waals surface area contributed by atoms with Gasteiger partial charge in [-0.15, -0.1) is 0 Å². The van der Waals surface area contributed by atoms with Gasteiger partial charge in [-0.05, 0) is 0 Å². The molecule has 0 fully saturated rings. The van der Waals surface area contributed by atoms with Crippen molar-refractivity contribution in [1.82, 2.24) is 9.78 Å². The molecule has 0 aromatic carbocycles. The SMILES string of the molecule is CC1(C)COc2c(OCC(=O)O)cnn2C1. The molecule has 0 unspecified atom stereocenters. The number of aliphatic carboxylic acids is 1. The molecule has 0 saturated heterocycles. The first-order chi connectivity index (χ1) is 7.48. The maximum absolute atomic E-state index is 10.4. The first kappa shape index (κ1) is 10.8. The van der Waals surface area contributed by atoms with Gasteiger partial charge in [0.15, 0.2) is 6.61 Å². The van der Waals surface area contributed by atoms with Crippen LogP contribution in [0.2, 0.25) is 0 Å². The Labute approximate surface area is 92.8 Å². The highest BCUT2D eigenvalue weighted by Gasteiger charge is 2.29. The molecule has 0 amide bonds. The molecule has 2 rings (SSSR count). The Hall–Kier alpha value is -1.72. The lowest BCUT2D eigenvalue weighted by Gasteiger charge is -2.30. The standard InChI is InChI=1S/C10H14N2O4/c1-10(2)5-12-9(16-6-10)7(3-11-12)15-4-8(13)14/h3H,4-6H2,1-2H3,(H,13,14). The van der Waals surface area contributed by atoms with Crippen molar-refractivity contribution in [2.45, 2.75) is 20.4 Å². The molecule has 1 N–H and O–H groups in total. The molecule has 0 bridgehead atoms. The highest BCUT2D eigenvalue weighted by Crippen LogP contribution is 2.34. The van der Waals surface area contributed by atoms with E-state index in [0.717, 1.165) is 6.54 Å². The molecule has 0 atom stereocenters. The lowest BCUT2D eigenvalue weighted by atomic mass is 9.94. The Morgan fingerprint density at radius 2 is 2.50 bits per heavy atom. The van der Waals surface area contributed by atoms with Gasteiger partial charge in [0, 0.05) is 5.41 Å². The predicted molar refractivity (Wildman–Crippen MR) is 54.6 cm³/mol. The molecule has 88 valence electrons. The summed E-state index contributed by atoms with van der Waals surface area (Å²) in [5, 5.41) is 12.6. The number of carbonyl (C=O) groups is 1. The van der Waals surface area contributed by atoms with Crippen LogP contribution in [-0.4, -0.2) is 34.1 Å². The van der Waals surface area contributed by atoms with Crippen LogP contribution in [0.3, 0.4) is 0 Å². The number of hydrogen-bond acceptors (Lipinski definition) is 4. The van der Waals surface area contributed by atoms with E-state index in [2.05, 4.69) is 18.9 Å². The fraction of sp³-hybridized carbons (Fsp3) is 0.600. The van der Waals surface area contributed by atoms with Crippen LogP contribution in [0, 0.1) is 5.41 Å². The predicted octanol–water partition coefficient (Wildman–Crippen LogP) is 0.765. The average Bonchev–Trinajstić information content (AvgIpc) is 2.55. The molecule has 2 heterocycles. The fourth-order valence-corrected chi connectivity index (χ4v) is 1.57. The number of carboxylic acids is 1. The molecule has 1 aromatic heterocycles. The maximum atomic E-state index is 10.4. The zero-order valence-electron chi connectivity index (χ0n) is 9.27. The zero-order valence-corrected chi connectivity index (χ0v) is 9.27. The first-order valence-electron chi connectivity index (χ1n) is 5.01. The van der Waals surface area contributed by atoms with Gasteiger partial charge in [-0.2, -0.15) is 5.10 Å². The molecule has 0 saturated carbocycles. The number of ether oxygens (including phenoxy) is 2. The third-order valence-corrected chi connectivity index (χ3v) is 2.29. The van der Waals surface area contributed by atoms with Gasteiger partial charge in [-0.25, -0.2) is 9.48 Å². The van der Waals surface area contributed by atoms with E-state index in [4.69, 9.17) is 14.6 Å². The smallest absolute Gasteiger partial charge is 0.341 e.